The molecule has 0 bridgehead atoms. The second-order valence-electron chi connectivity index (χ2n) is 10.1. The molecule has 7 heteroatoms. The number of carbonyl (C=O) groups is 1. The molecule has 6 nitrogen and oxygen atoms in total. The normalized spacial score (nSPS) is 15.4. The molecule has 0 aromatic heterocycles. The van der Waals surface area contributed by atoms with E-state index in [0.29, 0.717) is 18.7 Å². The van der Waals surface area contributed by atoms with Crippen molar-refractivity contribution in [3.05, 3.63) is 89.5 Å². The number of amides is 1. The molecule has 3 aromatic carbocycles. The molecule has 0 saturated carbocycles. The molecule has 1 heterocycles. The summed E-state index contributed by atoms with van der Waals surface area (Å²) in [6.45, 7) is 9.20. The number of para-hydroxylation sites is 1. The molecule has 1 aliphatic heterocycles. The Morgan fingerprint density at radius 1 is 1.03 bits per heavy atom. The highest BCUT2D eigenvalue weighted by Gasteiger charge is 2.42. The summed E-state index contributed by atoms with van der Waals surface area (Å²) < 4.78 is 34.6. The van der Waals surface area contributed by atoms with Gasteiger partial charge in [0.1, 0.15) is 11.8 Å². The van der Waals surface area contributed by atoms with Crippen LogP contribution in [0.15, 0.2) is 77.7 Å². The third kappa shape index (κ3) is 5.41. The van der Waals surface area contributed by atoms with Gasteiger partial charge in [-0.25, -0.2) is 8.42 Å². The molecule has 1 N–H and O–H groups in total. The van der Waals surface area contributed by atoms with Crippen molar-refractivity contribution in [2.45, 2.75) is 63.4 Å². The summed E-state index contributed by atoms with van der Waals surface area (Å²) in [7, 11) is -3.96. The topological polar surface area (TPSA) is 75.7 Å². The van der Waals surface area contributed by atoms with Gasteiger partial charge in [-0.3, -0.25) is 9.10 Å². The number of carbonyl (C=O) groups excluding carboxylic acids is 1. The minimum absolute atomic E-state index is 0.0934. The van der Waals surface area contributed by atoms with Gasteiger partial charge in [0.05, 0.1) is 17.2 Å². The Bertz CT molecular complexity index is 1330. The van der Waals surface area contributed by atoms with Crippen LogP contribution < -0.4 is 14.4 Å². The van der Waals surface area contributed by atoms with Crippen LogP contribution in [0.1, 0.15) is 50.8 Å². The van der Waals surface area contributed by atoms with Crippen LogP contribution in [0.5, 0.6) is 5.75 Å². The number of benzene rings is 3. The molecular formula is C29H34N2O4S. The van der Waals surface area contributed by atoms with Crippen molar-refractivity contribution in [2.24, 2.45) is 0 Å². The van der Waals surface area contributed by atoms with E-state index in [0.717, 1.165) is 28.9 Å². The molecule has 3 aromatic rings. The summed E-state index contributed by atoms with van der Waals surface area (Å²) >= 11 is 0. The molecule has 1 atom stereocenters. The SMILES string of the molecule is CCCOc1cccc(CNC(=O)[C@@H]2Cc3ccccc3N2S(=O)(=O)c2ccc(C(C)(C)C)cc2)c1. The lowest BCUT2D eigenvalue weighted by atomic mass is 9.87. The Balaban J connectivity index is 1.58. The fourth-order valence-corrected chi connectivity index (χ4v) is 6.02. The van der Waals surface area contributed by atoms with Gasteiger partial charge in [0, 0.05) is 13.0 Å². The van der Waals surface area contributed by atoms with Gasteiger partial charge in [-0.1, -0.05) is 70.2 Å². The van der Waals surface area contributed by atoms with Gasteiger partial charge < -0.3 is 10.1 Å². The van der Waals surface area contributed by atoms with Crippen LogP contribution in [-0.2, 0) is 33.2 Å². The molecule has 4 rings (SSSR count). The zero-order chi connectivity index (χ0) is 25.9. The van der Waals surface area contributed by atoms with Crippen LogP contribution in [0, 0.1) is 0 Å². The number of hydrogen-bond acceptors (Lipinski definition) is 4. The monoisotopic (exact) mass is 506 g/mol. The smallest absolute Gasteiger partial charge is 0.265 e. The van der Waals surface area contributed by atoms with Crippen molar-refractivity contribution in [2.75, 3.05) is 10.9 Å². The number of ether oxygens (including phenoxy) is 1. The summed E-state index contributed by atoms with van der Waals surface area (Å²) in [6, 6.07) is 21.0. The summed E-state index contributed by atoms with van der Waals surface area (Å²) in [4.78, 5) is 13.5. The minimum atomic E-state index is -3.96. The third-order valence-corrected chi connectivity index (χ3v) is 8.18. The quantitative estimate of drug-likeness (QED) is 0.455. The molecular weight excluding hydrogens is 472 g/mol. The number of nitrogens with one attached hydrogen (secondary N) is 1. The maximum atomic E-state index is 13.8. The van der Waals surface area contributed by atoms with Crippen LogP contribution in [0.4, 0.5) is 5.69 Å². The zero-order valence-corrected chi connectivity index (χ0v) is 22.1. The van der Waals surface area contributed by atoms with Gasteiger partial charge >= 0.3 is 0 Å². The Morgan fingerprint density at radius 2 is 1.75 bits per heavy atom. The van der Waals surface area contributed by atoms with E-state index >= 15 is 0 Å². The largest absolute Gasteiger partial charge is 0.494 e. The van der Waals surface area contributed by atoms with Crippen molar-refractivity contribution >= 4 is 21.6 Å². The third-order valence-electron chi connectivity index (χ3n) is 6.34. The second-order valence-corrected chi connectivity index (χ2v) is 12.0. The summed E-state index contributed by atoms with van der Waals surface area (Å²) in [5.74, 6) is 0.417. The molecule has 1 amide bonds. The number of anilines is 1. The molecule has 36 heavy (non-hydrogen) atoms. The van der Waals surface area contributed by atoms with Crippen LogP contribution in [0.25, 0.3) is 0 Å². The lowest BCUT2D eigenvalue weighted by Crippen LogP contribution is -2.47. The van der Waals surface area contributed by atoms with Crippen molar-refractivity contribution in [1.82, 2.24) is 5.32 Å². The van der Waals surface area contributed by atoms with Gasteiger partial charge in [0.15, 0.2) is 0 Å². The Labute approximate surface area is 214 Å². The highest BCUT2D eigenvalue weighted by Crippen LogP contribution is 2.37. The minimum Gasteiger partial charge on any atom is -0.494 e. The van der Waals surface area contributed by atoms with Crippen molar-refractivity contribution in [3.8, 4) is 5.75 Å². The Morgan fingerprint density at radius 3 is 2.44 bits per heavy atom. The van der Waals surface area contributed by atoms with Crippen molar-refractivity contribution < 1.29 is 17.9 Å². The first-order valence-corrected chi connectivity index (χ1v) is 13.8. The van der Waals surface area contributed by atoms with Gasteiger partial charge in [-0.2, -0.15) is 0 Å². The molecule has 0 unspecified atom stereocenters. The van der Waals surface area contributed by atoms with Gasteiger partial charge in [0.25, 0.3) is 10.0 Å². The van der Waals surface area contributed by atoms with Crippen LogP contribution in [0.2, 0.25) is 0 Å². The average Bonchev–Trinajstić information content (AvgIpc) is 3.26. The highest BCUT2D eigenvalue weighted by atomic mass is 32.2. The molecule has 0 saturated heterocycles. The number of sulfonamides is 1. The molecule has 1 aliphatic rings. The molecule has 0 aliphatic carbocycles. The first-order chi connectivity index (χ1) is 17.1. The van der Waals surface area contributed by atoms with Crippen molar-refractivity contribution in [1.29, 1.82) is 0 Å². The maximum Gasteiger partial charge on any atom is 0.265 e. The molecule has 0 fully saturated rings. The van der Waals surface area contributed by atoms with E-state index in [1.165, 1.54) is 4.31 Å². The Hall–Kier alpha value is -3.32. The highest BCUT2D eigenvalue weighted by molar-refractivity contribution is 7.93. The predicted octanol–water partition coefficient (Wildman–Crippen LogP) is 5.21. The van der Waals surface area contributed by atoms with Crippen molar-refractivity contribution in [3.63, 3.8) is 0 Å². The predicted molar refractivity (Wildman–Crippen MR) is 143 cm³/mol. The number of rotatable bonds is 8. The van der Waals surface area contributed by atoms with Gasteiger partial charge in [-0.15, -0.1) is 0 Å². The lowest BCUT2D eigenvalue weighted by molar-refractivity contribution is -0.122. The van der Waals surface area contributed by atoms with E-state index in [4.69, 9.17) is 4.74 Å². The number of fused-ring (bicyclic) bond motifs is 1. The number of hydrogen-bond donors (Lipinski definition) is 1. The first-order valence-electron chi connectivity index (χ1n) is 12.3. The molecule has 0 radical (unpaired) electrons. The lowest BCUT2D eigenvalue weighted by Gasteiger charge is -2.27. The Kier molecular flexibility index (Phi) is 7.41. The summed E-state index contributed by atoms with van der Waals surface area (Å²) in [5.41, 5.74) is 3.22. The average molecular weight is 507 g/mol. The first kappa shape index (κ1) is 25.8. The van der Waals surface area contributed by atoms with E-state index in [-0.39, 0.29) is 22.8 Å². The molecule has 0 spiro atoms. The number of nitrogens with zero attached hydrogens (tertiary/aromatic N) is 1. The standard InChI is InChI=1S/C29H34N2O4S/c1-5-17-35-24-11-8-9-21(18-24)20-30-28(32)27-19-22-10-6-7-12-26(22)31(27)36(33,34)25-15-13-23(14-16-25)29(2,3)4/h6-16,18,27H,5,17,19-20H2,1-4H3,(H,30,32)/t27-/m0/s1. The van der Waals surface area contributed by atoms with E-state index in [9.17, 15) is 13.2 Å². The van der Waals surface area contributed by atoms with E-state index in [2.05, 4.69) is 26.1 Å². The fraction of sp³-hybridized carbons (Fsp3) is 0.345. The summed E-state index contributed by atoms with van der Waals surface area (Å²) in [6.07, 6.45) is 1.23. The molecule has 190 valence electrons. The van der Waals surface area contributed by atoms with Crippen LogP contribution in [-0.4, -0.2) is 27.0 Å². The zero-order valence-electron chi connectivity index (χ0n) is 21.3. The van der Waals surface area contributed by atoms with E-state index in [1.807, 2.05) is 55.5 Å². The van der Waals surface area contributed by atoms with Gasteiger partial charge in [-0.05, 0) is 58.9 Å². The van der Waals surface area contributed by atoms with Gasteiger partial charge in [0.2, 0.25) is 5.91 Å². The second kappa shape index (κ2) is 10.3. The van der Waals surface area contributed by atoms with Crippen LogP contribution >= 0.6 is 0 Å². The fourth-order valence-electron chi connectivity index (χ4n) is 4.37. The van der Waals surface area contributed by atoms with Crippen LogP contribution in [0.3, 0.4) is 0 Å². The maximum absolute atomic E-state index is 13.8. The van der Waals surface area contributed by atoms with E-state index in [1.54, 1.807) is 24.3 Å². The van der Waals surface area contributed by atoms with E-state index < -0.39 is 16.1 Å². The summed E-state index contributed by atoms with van der Waals surface area (Å²) in [5, 5.41) is 2.94.